The summed E-state index contributed by atoms with van der Waals surface area (Å²) in [6.45, 7) is 2.80. The number of benzene rings is 1. The third-order valence-electron chi connectivity index (χ3n) is 6.52. The molecule has 0 radical (unpaired) electrons. The molecule has 1 aromatic heterocycles. The molecule has 2 aliphatic heterocycles. The number of hydrogen-bond acceptors (Lipinski definition) is 5. The summed E-state index contributed by atoms with van der Waals surface area (Å²) in [6, 6.07) is 11.2. The van der Waals surface area contributed by atoms with Gasteiger partial charge in [-0.3, -0.25) is 0 Å². The molecule has 5 rings (SSSR count). The van der Waals surface area contributed by atoms with Crippen molar-refractivity contribution in [1.82, 2.24) is 9.29 Å². The molecule has 0 bridgehead atoms. The molecule has 0 N–H and O–H groups in total. The highest BCUT2D eigenvalue weighted by molar-refractivity contribution is 7.94. The Morgan fingerprint density at radius 1 is 1.09 bits per heavy atom. The fourth-order valence-corrected chi connectivity index (χ4v) is 6.40. The quantitative estimate of drug-likeness (QED) is 0.634. The maximum absolute atomic E-state index is 13.4. The number of halogens is 2. The number of nitrogens with zero attached hydrogens (tertiary/aromatic N) is 5. The summed E-state index contributed by atoms with van der Waals surface area (Å²) in [6.07, 6.45) is 1.40. The zero-order valence-corrected chi connectivity index (χ0v) is 20.0. The minimum atomic E-state index is -3.92. The average molecular weight is 498 g/mol. The van der Waals surface area contributed by atoms with Gasteiger partial charge in [0.25, 0.3) is 5.92 Å². The SMILES string of the molecule is CN1c2nc(-c3ccc(N4CCN(S(C)=O)CC4)cc3)ccc2N(CC2CC2(F)F)S1(=O)=O. The third kappa shape index (κ3) is 3.97. The molecule has 2 aromatic rings. The van der Waals surface area contributed by atoms with Gasteiger partial charge in [-0.15, -0.1) is 0 Å². The maximum atomic E-state index is 13.4. The van der Waals surface area contributed by atoms with Gasteiger partial charge in [0.2, 0.25) is 0 Å². The minimum Gasteiger partial charge on any atom is -0.369 e. The lowest BCUT2D eigenvalue weighted by Crippen LogP contribution is -2.46. The Morgan fingerprint density at radius 2 is 1.73 bits per heavy atom. The minimum absolute atomic E-state index is 0.240. The zero-order valence-electron chi connectivity index (χ0n) is 18.3. The van der Waals surface area contributed by atoms with Crippen molar-refractivity contribution < 1.29 is 21.4 Å². The summed E-state index contributed by atoms with van der Waals surface area (Å²) >= 11 is 0. The molecule has 33 heavy (non-hydrogen) atoms. The van der Waals surface area contributed by atoms with E-state index in [1.807, 2.05) is 28.6 Å². The van der Waals surface area contributed by atoms with Crippen molar-refractivity contribution in [3.05, 3.63) is 36.4 Å². The predicted octanol–water partition coefficient (Wildman–Crippen LogP) is 2.32. The summed E-state index contributed by atoms with van der Waals surface area (Å²) in [7, 11) is -3.49. The van der Waals surface area contributed by atoms with Gasteiger partial charge in [0, 0.05) is 69.6 Å². The van der Waals surface area contributed by atoms with E-state index in [2.05, 4.69) is 9.88 Å². The molecule has 1 saturated carbocycles. The summed E-state index contributed by atoms with van der Waals surface area (Å²) in [4.78, 5) is 6.78. The number of fused-ring (bicyclic) bond motifs is 1. The van der Waals surface area contributed by atoms with Gasteiger partial charge in [-0.05, 0) is 24.3 Å². The molecule has 178 valence electrons. The summed E-state index contributed by atoms with van der Waals surface area (Å²) in [5, 5.41) is 0. The summed E-state index contributed by atoms with van der Waals surface area (Å²) < 4.78 is 68.1. The molecular weight excluding hydrogens is 472 g/mol. The number of piperazine rings is 1. The largest absolute Gasteiger partial charge is 0.369 e. The van der Waals surface area contributed by atoms with E-state index in [0.29, 0.717) is 11.4 Å². The van der Waals surface area contributed by atoms with Crippen LogP contribution < -0.4 is 13.5 Å². The summed E-state index contributed by atoms with van der Waals surface area (Å²) in [5.41, 5.74) is 2.81. The van der Waals surface area contributed by atoms with E-state index in [-0.39, 0.29) is 18.8 Å². The van der Waals surface area contributed by atoms with Crippen molar-refractivity contribution >= 4 is 38.4 Å². The molecule has 3 aliphatic rings. The number of aromatic nitrogens is 1. The van der Waals surface area contributed by atoms with E-state index in [1.54, 1.807) is 18.4 Å². The van der Waals surface area contributed by atoms with Crippen LogP contribution in [0.1, 0.15) is 6.42 Å². The Labute approximate surface area is 194 Å². The van der Waals surface area contributed by atoms with Gasteiger partial charge in [-0.2, -0.15) is 8.42 Å². The Balaban J connectivity index is 1.35. The fraction of sp³-hybridized carbons (Fsp3) is 0.476. The first-order valence-corrected chi connectivity index (χ1v) is 13.6. The highest BCUT2D eigenvalue weighted by Gasteiger charge is 2.59. The lowest BCUT2D eigenvalue weighted by Gasteiger charge is -2.34. The van der Waals surface area contributed by atoms with Crippen molar-refractivity contribution in [2.45, 2.75) is 12.3 Å². The molecule has 0 spiro atoms. The Bertz CT molecular complexity index is 1200. The second kappa shape index (κ2) is 7.88. The number of pyridine rings is 1. The van der Waals surface area contributed by atoms with Gasteiger partial charge in [-0.1, -0.05) is 12.1 Å². The van der Waals surface area contributed by atoms with E-state index in [9.17, 15) is 21.4 Å². The number of rotatable bonds is 5. The molecule has 1 aromatic carbocycles. The molecule has 1 aliphatic carbocycles. The van der Waals surface area contributed by atoms with Gasteiger partial charge < -0.3 is 4.90 Å². The van der Waals surface area contributed by atoms with Crippen LogP contribution in [-0.2, 0) is 21.2 Å². The molecule has 1 saturated heterocycles. The van der Waals surface area contributed by atoms with Crippen LogP contribution in [0.3, 0.4) is 0 Å². The lowest BCUT2D eigenvalue weighted by atomic mass is 10.1. The molecular formula is C21H25F2N5O3S2. The smallest absolute Gasteiger partial charge is 0.327 e. The highest BCUT2D eigenvalue weighted by Crippen LogP contribution is 2.51. The second-order valence-corrected chi connectivity index (χ2v) is 11.8. The standard InChI is InChI=1S/C21H25F2N5O3S2/c1-25-20-19(28(33(25,30)31)14-16-13-21(16,22)23)8-7-18(24-20)15-3-5-17(6-4-15)26-9-11-27(12-10-26)32(2)29/h3-8,16H,9-14H2,1-2H3. The van der Waals surface area contributed by atoms with Gasteiger partial charge in [0.05, 0.1) is 22.4 Å². The van der Waals surface area contributed by atoms with Crippen molar-refractivity contribution in [3.63, 3.8) is 0 Å². The molecule has 2 unspecified atom stereocenters. The topological polar surface area (TPSA) is 77.1 Å². The predicted molar refractivity (Wildman–Crippen MR) is 125 cm³/mol. The van der Waals surface area contributed by atoms with Crippen LogP contribution >= 0.6 is 0 Å². The van der Waals surface area contributed by atoms with E-state index >= 15 is 0 Å². The monoisotopic (exact) mass is 497 g/mol. The molecule has 8 nitrogen and oxygen atoms in total. The van der Waals surface area contributed by atoms with Crippen LogP contribution in [0.4, 0.5) is 26.0 Å². The second-order valence-electron chi connectivity index (χ2n) is 8.59. The van der Waals surface area contributed by atoms with Crippen molar-refractivity contribution in [2.75, 3.05) is 59.5 Å². The molecule has 2 atom stereocenters. The van der Waals surface area contributed by atoms with E-state index in [4.69, 9.17) is 0 Å². The van der Waals surface area contributed by atoms with Crippen LogP contribution in [0.25, 0.3) is 11.3 Å². The van der Waals surface area contributed by atoms with Crippen molar-refractivity contribution in [1.29, 1.82) is 0 Å². The lowest BCUT2D eigenvalue weighted by molar-refractivity contribution is 0.101. The molecule has 2 fully saturated rings. The van der Waals surface area contributed by atoms with Crippen LogP contribution in [0.5, 0.6) is 0 Å². The van der Waals surface area contributed by atoms with Crippen LogP contribution in [0.15, 0.2) is 36.4 Å². The van der Waals surface area contributed by atoms with E-state index in [0.717, 1.165) is 46.0 Å². The Hall–Kier alpha value is -2.31. The van der Waals surface area contributed by atoms with Gasteiger partial charge >= 0.3 is 10.2 Å². The Morgan fingerprint density at radius 3 is 2.30 bits per heavy atom. The maximum Gasteiger partial charge on any atom is 0.327 e. The van der Waals surface area contributed by atoms with Crippen LogP contribution in [0, 0.1) is 5.92 Å². The highest BCUT2D eigenvalue weighted by atomic mass is 32.2. The first-order valence-electron chi connectivity index (χ1n) is 10.7. The van der Waals surface area contributed by atoms with Gasteiger partial charge in [0.1, 0.15) is 0 Å². The third-order valence-corrected chi connectivity index (χ3v) is 9.38. The molecule has 0 amide bonds. The fourth-order valence-electron chi connectivity index (χ4n) is 4.32. The van der Waals surface area contributed by atoms with E-state index in [1.165, 1.54) is 7.05 Å². The number of alkyl halides is 2. The average Bonchev–Trinajstić information content (AvgIpc) is 3.36. The van der Waals surface area contributed by atoms with Crippen LogP contribution in [-0.4, -0.2) is 73.9 Å². The van der Waals surface area contributed by atoms with Gasteiger partial charge in [0.15, 0.2) is 5.82 Å². The van der Waals surface area contributed by atoms with Crippen LogP contribution in [0.2, 0.25) is 0 Å². The normalized spacial score (nSPS) is 24.6. The zero-order chi connectivity index (χ0) is 23.5. The van der Waals surface area contributed by atoms with Gasteiger partial charge in [-0.25, -0.2) is 30.9 Å². The van der Waals surface area contributed by atoms with Crippen molar-refractivity contribution in [2.24, 2.45) is 5.92 Å². The molecule has 3 heterocycles. The van der Waals surface area contributed by atoms with Crippen molar-refractivity contribution in [3.8, 4) is 11.3 Å². The first kappa shape index (κ1) is 22.5. The number of hydrogen-bond donors (Lipinski definition) is 0. The molecule has 12 heteroatoms. The first-order chi connectivity index (χ1) is 15.6. The Kier molecular flexibility index (Phi) is 5.37. The summed E-state index contributed by atoms with van der Waals surface area (Å²) in [5.74, 6) is -3.52. The van der Waals surface area contributed by atoms with E-state index < -0.39 is 33.0 Å². The number of anilines is 3.